The summed E-state index contributed by atoms with van der Waals surface area (Å²) in [6.45, 7) is 11.7. The Morgan fingerprint density at radius 1 is 1.25 bits per heavy atom. The summed E-state index contributed by atoms with van der Waals surface area (Å²) in [4.78, 5) is 18.3. The normalized spacial score (nSPS) is 37.8. The molecule has 2 fully saturated rings. The zero-order chi connectivity index (χ0) is 20.6. The zero-order valence-electron chi connectivity index (χ0n) is 17.6. The molecule has 1 aliphatic heterocycles. The number of fused-ring (bicyclic) bond motifs is 4. The fourth-order valence-electron chi connectivity index (χ4n) is 5.57. The lowest BCUT2D eigenvalue weighted by Crippen LogP contribution is -2.50. The average Bonchev–Trinajstić information content (AvgIpc) is 3.06. The van der Waals surface area contributed by atoms with Crippen LogP contribution >= 0.6 is 11.3 Å². The third kappa shape index (κ3) is 2.95. The summed E-state index contributed by atoms with van der Waals surface area (Å²) in [5.74, 6) is 0.636. The lowest BCUT2D eigenvalue weighted by molar-refractivity contribution is -0.149. The summed E-state index contributed by atoms with van der Waals surface area (Å²) in [6, 6.07) is 0. The van der Waals surface area contributed by atoms with Crippen molar-refractivity contribution in [2.75, 3.05) is 0 Å². The summed E-state index contributed by atoms with van der Waals surface area (Å²) in [6.07, 6.45) is 2.97. The van der Waals surface area contributed by atoms with E-state index in [2.05, 4.69) is 13.8 Å². The van der Waals surface area contributed by atoms with Gasteiger partial charge in [0, 0.05) is 22.6 Å². The van der Waals surface area contributed by atoms with Crippen LogP contribution in [0.5, 0.6) is 0 Å². The number of esters is 1. The quantitative estimate of drug-likeness (QED) is 0.667. The van der Waals surface area contributed by atoms with Crippen molar-refractivity contribution in [2.45, 2.75) is 83.3 Å². The van der Waals surface area contributed by atoms with Gasteiger partial charge < -0.3 is 4.74 Å². The van der Waals surface area contributed by atoms with E-state index in [1.165, 1.54) is 4.88 Å². The van der Waals surface area contributed by atoms with E-state index in [1.807, 2.05) is 6.92 Å². The van der Waals surface area contributed by atoms with Crippen LogP contribution in [0.15, 0.2) is 0 Å². The molecule has 1 aromatic rings. The molecule has 156 valence electrons. The number of sulfone groups is 1. The van der Waals surface area contributed by atoms with E-state index < -0.39 is 14.6 Å². The monoisotopic (exact) mass is 425 g/mol. The maximum absolute atomic E-state index is 12.7. The Balaban J connectivity index is 1.68. The Morgan fingerprint density at radius 2 is 1.93 bits per heavy atom. The number of carbonyl (C=O) groups is 1. The predicted octanol–water partition coefficient (Wildman–Crippen LogP) is 4.11. The molecule has 0 spiro atoms. The van der Waals surface area contributed by atoms with Crippen molar-refractivity contribution < 1.29 is 17.9 Å². The van der Waals surface area contributed by atoms with Gasteiger partial charge >= 0.3 is 5.97 Å². The van der Waals surface area contributed by atoms with Crippen molar-refractivity contribution in [3.63, 3.8) is 0 Å². The van der Waals surface area contributed by atoms with Crippen LogP contribution in [0.4, 0.5) is 0 Å². The molecule has 5 nitrogen and oxygen atoms in total. The highest BCUT2D eigenvalue weighted by atomic mass is 32.2. The maximum atomic E-state index is 12.7. The molecule has 7 heteroatoms. The van der Waals surface area contributed by atoms with Gasteiger partial charge in [-0.1, -0.05) is 20.8 Å². The SMILES string of the molecule is CC1C(=O)OC2C1CCC1(C)Cc3sc(CS(=O)(=O)C(C)(C)C)nc3C(C)C21. The van der Waals surface area contributed by atoms with Crippen molar-refractivity contribution in [2.24, 2.45) is 23.2 Å². The largest absolute Gasteiger partial charge is 0.461 e. The number of hydrogen-bond acceptors (Lipinski definition) is 6. The first-order valence-corrected chi connectivity index (χ1v) is 12.7. The van der Waals surface area contributed by atoms with Crippen molar-refractivity contribution in [1.82, 2.24) is 4.98 Å². The van der Waals surface area contributed by atoms with Crippen LogP contribution in [0.1, 0.15) is 75.9 Å². The van der Waals surface area contributed by atoms with E-state index in [9.17, 15) is 13.2 Å². The number of carbonyl (C=O) groups excluding carboxylic acids is 1. The molecule has 1 aromatic heterocycles. The van der Waals surface area contributed by atoms with Crippen LogP contribution in [-0.2, 0) is 31.5 Å². The van der Waals surface area contributed by atoms with Crippen molar-refractivity contribution in [1.29, 1.82) is 0 Å². The van der Waals surface area contributed by atoms with Gasteiger partial charge in [-0.05, 0) is 45.4 Å². The highest BCUT2D eigenvalue weighted by Gasteiger charge is 2.58. The molecular weight excluding hydrogens is 394 g/mol. The molecule has 4 rings (SSSR count). The first kappa shape index (κ1) is 20.3. The Kier molecular flexibility index (Phi) is 4.55. The van der Waals surface area contributed by atoms with Gasteiger partial charge in [-0.2, -0.15) is 0 Å². The number of nitrogens with zero attached hydrogens (tertiary/aromatic N) is 1. The first-order valence-electron chi connectivity index (χ1n) is 10.3. The van der Waals surface area contributed by atoms with Crippen LogP contribution in [0.2, 0.25) is 0 Å². The molecule has 6 unspecified atom stereocenters. The summed E-state index contributed by atoms with van der Waals surface area (Å²) >= 11 is 1.56. The van der Waals surface area contributed by atoms with Crippen LogP contribution < -0.4 is 0 Å². The van der Waals surface area contributed by atoms with E-state index in [-0.39, 0.29) is 41.0 Å². The Hall–Kier alpha value is -0.950. The summed E-state index contributed by atoms with van der Waals surface area (Å²) in [5, 5.41) is 0.697. The third-order valence-corrected chi connectivity index (χ3v) is 11.2. The number of rotatable bonds is 2. The van der Waals surface area contributed by atoms with Crippen LogP contribution in [0, 0.1) is 23.2 Å². The lowest BCUT2D eigenvalue weighted by atomic mass is 9.54. The Labute approximate surface area is 172 Å². The van der Waals surface area contributed by atoms with E-state index >= 15 is 0 Å². The highest BCUT2D eigenvalue weighted by molar-refractivity contribution is 7.92. The molecule has 1 saturated heterocycles. The number of ether oxygens (including phenoxy) is 1. The van der Waals surface area contributed by atoms with E-state index in [1.54, 1.807) is 32.1 Å². The Morgan fingerprint density at radius 3 is 2.57 bits per heavy atom. The highest BCUT2D eigenvalue weighted by Crippen LogP contribution is 2.59. The summed E-state index contributed by atoms with van der Waals surface area (Å²) < 4.78 is 30.4. The fraction of sp³-hybridized carbons (Fsp3) is 0.810. The first-order chi connectivity index (χ1) is 12.8. The molecule has 6 atom stereocenters. The van der Waals surface area contributed by atoms with Crippen molar-refractivity contribution >= 4 is 27.1 Å². The summed E-state index contributed by atoms with van der Waals surface area (Å²) in [5.41, 5.74) is 1.10. The van der Waals surface area contributed by atoms with E-state index in [0.29, 0.717) is 10.9 Å². The topological polar surface area (TPSA) is 73.3 Å². The molecule has 2 aliphatic carbocycles. The molecule has 0 aromatic carbocycles. The predicted molar refractivity (Wildman–Crippen MR) is 110 cm³/mol. The van der Waals surface area contributed by atoms with Gasteiger partial charge in [0.2, 0.25) is 0 Å². The average molecular weight is 426 g/mol. The van der Waals surface area contributed by atoms with Gasteiger partial charge in [0.15, 0.2) is 9.84 Å². The molecule has 0 bridgehead atoms. The molecule has 1 saturated carbocycles. The molecule has 2 heterocycles. The lowest BCUT2D eigenvalue weighted by Gasteiger charge is -2.51. The minimum absolute atomic E-state index is 0.000338. The number of hydrogen-bond donors (Lipinski definition) is 0. The van der Waals surface area contributed by atoms with Gasteiger partial charge in [-0.25, -0.2) is 13.4 Å². The third-order valence-electron chi connectivity index (χ3n) is 7.45. The van der Waals surface area contributed by atoms with Crippen molar-refractivity contribution in [3.05, 3.63) is 15.6 Å². The van der Waals surface area contributed by atoms with Crippen LogP contribution in [0.25, 0.3) is 0 Å². The molecule has 0 amide bonds. The van der Waals surface area contributed by atoms with Gasteiger partial charge in [-0.3, -0.25) is 4.79 Å². The Bertz CT molecular complexity index is 913. The second-order valence-corrected chi connectivity index (χ2v) is 14.2. The van der Waals surface area contributed by atoms with Gasteiger partial charge in [0.05, 0.1) is 16.4 Å². The summed E-state index contributed by atoms with van der Waals surface area (Å²) in [7, 11) is -3.26. The van der Waals surface area contributed by atoms with Gasteiger partial charge in [0.1, 0.15) is 16.9 Å². The van der Waals surface area contributed by atoms with Gasteiger partial charge in [-0.15, -0.1) is 11.3 Å². The van der Waals surface area contributed by atoms with E-state index in [4.69, 9.17) is 9.72 Å². The van der Waals surface area contributed by atoms with Gasteiger partial charge in [0.25, 0.3) is 0 Å². The molecule has 0 radical (unpaired) electrons. The number of thiazole rings is 1. The van der Waals surface area contributed by atoms with E-state index in [0.717, 1.165) is 25.0 Å². The molecule has 28 heavy (non-hydrogen) atoms. The second-order valence-electron chi connectivity index (χ2n) is 10.3. The zero-order valence-corrected chi connectivity index (χ0v) is 19.2. The minimum atomic E-state index is -3.26. The van der Waals surface area contributed by atoms with Crippen LogP contribution in [-0.4, -0.2) is 30.2 Å². The van der Waals surface area contributed by atoms with Crippen LogP contribution in [0.3, 0.4) is 0 Å². The molecule has 0 N–H and O–H groups in total. The second kappa shape index (κ2) is 6.27. The maximum Gasteiger partial charge on any atom is 0.309 e. The number of aromatic nitrogens is 1. The molecular formula is C21H31NO4S2. The standard InChI is InChI=1S/C21H31NO4S2/c1-11-13-7-8-21(6)9-14-17(12(2)16(21)18(13)26-19(11)23)22-15(27-14)10-28(24,25)20(3,4)5/h11-13,16,18H,7-10H2,1-6H3. The molecule has 3 aliphatic rings. The smallest absolute Gasteiger partial charge is 0.309 e. The van der Waals surface area contributed by atoms with Crippen molar-refractivity contribution in [3.8, 4) is 0 Å². The fourth-order valence-corrected chi connectivity index (χ4v) is 8.26. The minimum Gasteiger partial charge on any atom is -0.461 e.